The molecule has 19 heavy (non-hydrogen) atoms. The Labute approximate surface area is 115 Å². The summed E-state index contributed by atoms with van der Waals surface area (Å²) in [5.74, 6) is 0.658. The number of carbonyl (C=O) groups excluding carboxylic acids is 1. The van der Waals surface area contributed by atoms with E-state index in [1.807, 2.05) is 31.3 Å². The summed E-state index contributed by atoms with van der Waals surface area (Å²) < 4.78 is 5.49. The van der Waals surface area contributed by atoms with Crippen LogP contribution in [0.5, 0.6) is 5.75 Å². The molecule has 0 saturated carbocycles. The molecule has 0 bridgehead atoms. The fourth-order valence-corrected chi connectivity index (χ4v) is 1.64. The highest BCUT2D eigenvalue weighted by Gasteiger charge is 2.05. The molecular weight excluding hydrogens is 240 g/mol. The monoisotopic (exact) mass is 264 g/mol. The average Bonchev–Trinajstić information content (AvgIpc) is 2.45. The van der Waals surface area contributed by atoms with Crippen molar-refractivity contribution in [2.75, 3.05) is 20.2 Å². The molecule has 1 rings (SSSR count). The molecule has 0 radical (unpaired) electrons. The average molecular weight is 264 g/mol. The van der Waals surface area contributed by atoms with Gasteiger partial charge >= 0.3 is 0 Å². The zero-order valence-electron chi connectivity index (χ0n) is 12.0. The van der Waals surface area contributed by atoms with E-state index in [-0.39, 0.29) is 18.6 Å². The van der Waals surface area contributed by atoms with Crippen LogP contribution in [0.4, 0.5) is 0 Å². The summed E-state index contributed by atoms with van der Waals surface area (Å²) >= 11 is 0. The molecule has 0 aliphatic carbocycles. The van der Waals surface area contributed by atoms with Crippen molar-refractivity contribution in [3.05, 3.63) is 29.8 Å². The van der Waals surface area contributed by atoms with E-state index in [1.165, 1.54) is 0 Å². The van der Waals surface area contributed by atoms with E-state index in [1.54, 1.807) is 0 Å². The van der Waals surface area contributed by atoms with Crippen molar-refractivity contribution in [3.63, 3.8) is 0 Å². The molecule has 1 amide bonds. The minimum absolute atomic E-state index is 0.0690. The molecule has 106 valence electrons. The molecule has 1 unspecified atom stereocenters. The smallest absolute Gasteiger partial charge is 0.257 e. The number of rotatable bonds is 8. The van der Waals surface area contributed by atoms with Crippen molar-refractivity contribution >= 4 is 5.91 Å². The number of amides is 1. The van der Waals surface area contributed by atoms with Crippen LogP contribution < -0.4 is 15.4 Å². The van der Waals surface area contributed by atoms with E-state index in [2.05, 4.69) is 24.5 Å². The lowest BCUT2D eigenvalue weighted by atomic mass is 10.1. The van der Waals surface area contributed by atoms with Gasteiger partial charge in [-0.15, -0.1) is 0 Å². The van der Waals surface area contributed by atoms with Crippen LogP contribution in [0, 0.1) is 0 Å². The third-order valence-corrected chi connectivity index (χ3v) is 3.01. The topological polar surface area (TPSA) is 50.4 Å². The molecule has 1 atom stereocenters. The molecule has 0 fully saturated rings. The summed E-state index contributed by atoms with van der Waals surface area (Å²) in [6.45, 7) is 4.96. The molecule has 2 N–H and O–H groups in total. The number of carbonyl (C=O) groups is 1. The van der Waals surface area contributed by atoms with Crippen molar-refractivity contribution in [1.29, 1.82) is 0 Å². The number of nitrogens with one attached hydrogen (secondary N) is 2. The third-order valence-electron chi connectivity index (χ3n) is 3.01. The van der Waals surface area contributed by atoms with Crippen molar-refractivity contribution < 1.29 is 9.53 Å². The molecule has 4 nitrogen and oxygen atoms in total. The van der Waals surface area contributed by atoms with Gasteiger partial charge in [0.15, 0.2) is 6.61 Å². The first-order valence-electron chi connectivity index (χ1n) is 6.84. The Morgan fingerprint density at radius 3 is 2.89 bits per heavy atom. The molecule has 0 spiro atoms. The summed E-state index contributed by atoms with van der Waals surface area (Å²) in [5.41, 5.74) is 1.14. The molecule has 4 heteroatoms. The van der Waals surface area contributed by atoms with Crippen LogP contribution in [0.15, 0.2) is 24.3 Å². The highest BCUT2D eigenvalue weighted by atomic mass is 16.5. The molecule has 0 saturated heterocycles. The lowest BCUT2D eigenvalue weighted by Crippen LogP contribution is -2.29. The molecule has 0 aliphatic rings. The van der Waals surface area contributed by atoms with Gasteiger partial charge in [0.05, 0.1) is 0 Å². The summed E-state index contributed by atoms with van der Waals surface area (Å²) in [5, 5.41) is 6.00. The van der Waals surface area contributed by atoms with Crippen LogP contribution in [0.25, 0.3) is 0 Å². The standard InChI is InChI=1S/C15H24N2O2/c1-4-5-9-17-15(18)11-19-14-8-6-7-13(10-14)12(2)16-3/h6-8,10,12,16H,4-5,9,11H2,1-3H3,(H,17,18). The molecular formula is C15H24N2O2. The van der Waals surface area contributed by atoms with Gasteiger partial charge in [-0.05, 0) is 38.1 Å². The Hall–Kier alpha value is -1.55. The largest absolute Gasteiger partial charge is 0.484 e. The van der Waals surface area contributed by atoms with Gasteiger partial charge in [0, 0.05) is 12.6 Å². The number of unbranched alkanes of at least 4 members (excludes halogenated alkanes) is 1. The van der Waals surface area contributed by atoms with Gasteiger partial charge in [-0.25, -0.2) is 0 Å². The van der Waals surface area contributed by atoms with Gasteiger partial charge in [-0.1, -0.05) is 25.5 Å². The Balaban J connectivity index is 2.42. The summed E-state index contributed by atoms with van der Waals surface area (Å²) in [6.07, 6.45) is 2.08. The number of hydrogen-bond donors (Lipinski definition) is 2. The molecule has 0 heterocycles. The van der Waals surface area contributed by atoms with Gasteiger partial charge in [0.2, 0.25) is 0 Å². The lowest BCUT2D eigenvalue weighted by molar-refractivity contribution is -0.123. The predicted octanol–water partition coefficient (Wildman–Crippen LogP) is 2.26. The predicted molar refractivity (Wildman–Crippen MR) is 77.3 cm³/mol. The van der Waals surface area contributed by atoms with Gasteiger partial charge in [0.25, 0.3) is 5.91 Å². The molecule has 0 aliphatic heterocycles. The number of benzene rings is 1. The van der Waals surface area contributed by atoms with Crippen LogP contribution in [0.3, 0.4) is 0 Å². The zero-order valence-corrected chi connectivity index (χ0v) is 12.0. The lowest BCUT2D eigenvalue weighted by Gasteiger charge is -2.12. The summed E-state index contributed by atoms with van der Waals surface area (Å²) in [7, 11) is 1.92. The number of hydrogen-bond acceptors (Lipinski definition) is 3. The van der Waals surface area contributed by atoms with Crippen molar-refractivity contribution in [3.8, 4) is 5.75 Å². The van der Waals surface area contributed by atoms with Gasteiger partial charge < -0.3 is 15.4 Å². The Morgan fingerprint density at radius 2 is 2.21 bits per heavy atom. The van der Waals surface area contributed by atoms with Gasteiger partial charge in [0.1, 0.15) is 5.75 Å². The van der Waals surface area contributed by atoms with Gasteiger partial charge in [-0.2, -0.15) is 0 Å². The van der Waals surface area contributed by atoms with Crippen LogP contribution in [-0.4, -0.2) is 26.1 Å². The van der Waals surface area contributed by atoms with Crippen LogP contribution in [-0.2, 0) is 4.79 Å². The summed E-state index contributed by atoms with van der Waals surface area (Å²) in [4.78, 5) is 11.5. The zero-order chi connectivity index (χ0) is 14.1. The first-order chi connectivity index (χ1) is 9.17. The Morgan fingerprint density at radius 1 is 1.42 bits per heavy atom. The van der Waals surface area contributed by atoms with Crippen LogP contribution >= 0.6 is 0 Å². The molecule has 1 aromatic carbocycles. The second-order valence-electron chi connectivity index (χ2n) is 4.58. The maximum atomic E-state index is 11.5. The number of ether oxygens (including phenoxy) is 1. The van der Waals surface area contributed by atoms with Crippen molar-refractivity contribution in [2.45, 2.75) is 32.7 Å². The molecule has 0 aromatic heterocycles. The van der Waals surface area contributed by atoms with Crippen LogP contribution in [0.2, 0.25) is 0 Å². The third kappa shape index (κ3) is 5.75. The van der Waals surface area contributed by atoms with E-state index in [4.69, 9.17) is 4.74 Å². The minimum Gasteiger partial charge on any atom is -0.484 e. The van der Waals surface area contributed by atoms with E-state index in [9.17, 15) is 4.79 Å². The van der Waals surface area contributed by atoms with Crippen molar-refractivity contribution in [2.24, 2.45) is 0 Å². The fourth-order valence-electron chi connectivity index (χ4n) is 1.64. The van der Waals surface area contributed by atoms with E-state index >= 15 is 0 Å². The minimum atomic E-state index is -0.0690. The maximum absolute atomic E-state index is 11.5. The highest BCUT2D eigenvalue weighted by Crippen LogP contribution is 2.18. The van der Waals surface area contributed by atoms with E-state index in [0.717, 1.165) is 30.7 Å². The molecule has 1 aromatic rings. The highest BCUT2D eigenvalue weighted by molar-refractivity contribution is 5.77. The fraction of sp³-hybridized carbons (Fsp3) is 0.533. The SMILES string of the molecule is CCCCNC(=O)COc1cccc(C(C)NC)c1. The second kappa shape index (κ2) is 8.53. The van der Waals surface area contributed by atoms with E-state index < -0.39 is 0 Å². The van der Waals surface area contributed by atoms with Crippen LogP contribution in [0.1, 0.15) is 38.3 Å². The Kier molecular flexibility index (Phi) is 6.97. The van der Waals surface area contributed by atoms with E-state index in [0.29, 0.717) is 0 Å². The summed E-state index contributed by atoms with van der Waals surface area (Å²) in [6, 6.07) is 8.07. The second-order valence-corrected chi connectivity index (χ2v) is 4.58. The first kappa shape index (κ1) is 15.5. The normalized spacial score (nSPS) is 11.9. The first-order valence-corrected chi connectivity index (χ1v) is 6.84. The van der Waals surface area contributed by atoms with Crippen molar-refractivity contribution in [1.82, 2.24) is 10.6 Å². The Bertz CT molecular complexity index is 393. The van der Waals surface area contributed by atoms with Gasteiger partial charge in [-0.3, -0.25) is 4.79 Å². The maximum Gasteiger partial charge on any atom is 0.257 e. The quantitative estimate of drug-likeness (QED) is 0.708.